The molecule has 2 heterocycles. The van der Waals surface area contributed by atoms with Crippen LogP contribution < -0.4 is 5.32 Å². The van der Waals surface area contributed by atoms with E-state index in [9.17, 15) is 18.7 Å². The van der Waals surface area contributed by atoms with Gasteiger partial charge in [0.15, 0.2) is 0 Å². The van der Waals surface area contributed by atoms with Crippen LogP contribution in [0.1, 0.15) is 46.6 Å². The summed E-state index contributed by atoms with van der Waals surface area (Å²) >= 11 is 0. The predicted molar refractivity (Wildman–Crippen MR) is 118 cm³/mol. The molecule has 0 aliphatic carbocycles. The van der Waals surface area contributed by atoms with Crippen LogP contribution in [0.4, 0.5) is 14.5 Å². The fraction of sp³-hybridized carbons (Fsp3) is 0.167. The van der Waals surface area contributed by atoms with Crippen LogP contribution in [0.2, 0.25) is 0 Å². The van der Waals surface area contributed by atoms with Gasteiger partial charge >= 0.3 is 5.97 Å². The molecule has 2 aromatic heterocycles. The SMILES string of the molecule is Cc1cc([C@@H](C)Nc2ccccc2C(=O)O)c2cc(-c3ccnnc3)c(C(F)F)nc2c1. The van der Waals surface area contributed by atoms with Crippen LogP contribution in [-0.2, 0) is 0 Å². The van der Waals surface area contributed by atoms with Gasteiger partial charge in [-0.15, -0.1) is 0 Å². The first-order valence-corrected chi connectivity index (χ1v) is 9.94. The molecule has 1 atom stereocenters. The Morgan fingerprint density at radius 3 is 2.56 bits per heavy atom. The number of aryl methyl sites for hydroxylation is 1. The van der Waals surface area contributed by atoms with Crippen molar-refractivity contribution < 1.29 is 18.7 Å². The smallest absolute Gasteiger partial charge is 0.337 e. The maximum atomic E-state index is 13.8. The number of pyridine rings is 1. The summed E-state index contributed by atoms with van der Waals surface area (Å²) in [5, 5.41) is 20.9. The van der Waals surface area contributed by atoms with E-state index in [0.29, 0.717) is 22.2 Å². The largest absolute Gasteiger partial charge is 0.478 e. The summed E-state index contributed by atoms with van der Waals surface area (Å²) in [6.45, 7) is 3.76. The number of aromatic nitrogens is 3. The minimum absolute atomic E-state index is 0.151. The van der Waals surface area contributed by atoms with Crippen molar-refractivity contribution in [2.45, 2.75) is 26.3 Å². The van der Waals surface area contributed by atoms with Crippen LogP contribution in [0.25, 0.3) is 22.0 Å². The van der Waals surface area contributed by atoms with Crippen molar-refractivity contribution in [3.8, 4) is 11.1 Å². The molecule has 0 spiro atoms. The molecule has 0 amide bonds. The Bertz CT molecular complexity index is 1300. The minimum atomic E-state index is -2.76. The Morgan fingerprint density at radius 2 is 1.88 bits per heavy atom. The van der Waals surface area contributed by atoms with Crippen molar-refractivity contribution in [2.24, 2.45) is 0 Å². The molecule has 2 N–H and O–H groups in total. The molecule has 6 nitrogen and oxygen atoms in total. The average Bonchev–Trinajstić information content (AvgIpc) is 2.78. The van der Waals surface area contributed by atoms with E-state index in [1.807, 2.05) is 19.9 Å². The first-order chi connectivity index (χ1) is 15.3. The summed E-state index contributed by atoms with van der Waals surface area (Å²) in [4.78, 5) is 15.9. The number of nitrogens with one attached hydrogen (secondary N) is 1. The lowest BCUT2D eigenvalue weighted by Crippen LogP contribution is -2.11. The molecule has 0 aliphatic rings. The molecule has 0 unspecified atom stereocenters. The first kappa shape index (κ1) is 21.3. The van der Waals surface area contributed by atoms with Crippen LogP contribution in [0.15, 0.2) is 60.9 Å². The minimum Gasteiger partial charge on any atom is -0.478 e. The number of alkyl halides is 2. The van der Waals surface area contributed by atoms with E-state index < -0.39 is 12.4 Å². The van der Waals surface area contributed by atoms with Gasteiger partial charge in [-0.2, -0.15) is 10.2 Å². The van der Waals surface area contributed by atoms with E-state index in [1.165, 1.54) is 18.5 Å². The van der Waals surface area contributed by atoms with Crippen molar-refractivity contribution in [3.05, 3.63) is 83.3 Å². The normalized spacial score (nSPS) is 12.2. The van der Waals surface area contributed by atoms with Crippen LogP contribution in [0, 0.1) is 6.92 Å². The van der Waals surface area contributed by atoms with E-state index in [4.69, 9.17) is 0 Å². The lowest BCUT2D eigenvalue weighted by atomic mass is 9.95. The van der Waals surface area contributed by atoms with Gasteiger partial charge in [-0.3, -0.25) is 0 Å². The fourth-order valence-corrected chi connectivity index (χ4v) is 3.78. The maximum Gasteiger partial charge on any atom is 0.337 e. The van der Waals surface area contributed by atoms with Gasteiger partial charge in [0.25, 0.3) is 6.43 Å². The highest BCUT2D eigenvalue weighted by Gasteiger charge is 2.21. The van der Waals surface area contributed by atoms with Gasteiger partial charge in [0.05, 0.1) is 23.5 Å². The number of anilines is 1. The molecule has 4 rings (SSSR count). The number of carbonyl (C=O) groups is 1. The van der Waals surface area contributed by atoms with Gasteiger partial charge in [0, 0.05) is 28.2 Å². The number of hydrogen-bond acceptors (Lipinski definition) is 5. The molecule has 0 saturated carbocycles. The summed E-state index contributed by atoms with van der Waals surface area (Å²) < 4.78 is 27.7. The highest BCUT2D eigenvalue weighted by molar-refractivity contribution is 5.94. The van der Waals surface area contributed by atoms with E-state index in [0.717, 1.165) is 11.1 Å². The summed E-state index contributed by atoms with van der Waals surface area (Å²) in [5.74, 6) is -1.04. The summed E-state index contributed by atoms with van der Waals surface area (Å²) in [7, 11) is 0. The van der Waals surface area contributed by atoms with Gasteiger partial charge < -0.3 is 10.4 Å². The molecule has 0 aliphatic heterocycles. The van der Waals surface area contributed by atoms with Gasteiger partial charge in [-0.1, -0.05) is 18.2 Å². The van der Waals surface area contributed by atoms with E-state index >= 15 is 0 Å². The number of nitrogens with zero attached hydrogens (tertiary/aromatic N) is 3. The van der Waals surface area contributed by atoms with Crippen LogP contribution in [0.5, 0.6) is 0 Å². The second-order valence-corrected chi connectivity index (χ2v) is 7.49. The number of aromatic carboxylic acids is 1. The van der Waals surface area contributed by atoms with Crippen LogP contribution in [0.3, 0.4) is 0 Å². The third-order valence-corrected chi connectivity index (χ3v) is 5.24. The van der Waals surface area contributed by atoms with E-state index in [1.54, 1.807) is 36.4 Å². The highest BCUT2D eigenvalue weighted by Crippen LogP contribution is 2.36. The number of carboxylic acids is 1. The molecular weight excluding hydrogens is 414 g/mol. The van der Waals surface area contributed by atoms with E-state index in [2.05, 4.69) is 20.5 Å². The molecule has 4 aromatic rings. The Labute approximate surface area is 183 Å². The number of benzene rings is 2. The molecular formula is C24H20F2N4O2. The zero-order chi connectivity index (χ0) is 22.8. The van der Waals surface area contributed by atoms with Gasteiger partial charge in [-0.05, 0) is 55.3 Å². The molecule has 0 radical (unpaired) electrons. The van der Waals surface area contributed by atoms with Crippen LogP contribution in [-0.4, -0.2) is 26.3 Å². The fourth-order valence-electron chi connectivity index (χ4n) is 3.78. The van der Waals surface area contributed by atoms with Crippen molar-refractivity contribution in [1.29, 1.82) is 0 Å². The Morgan fingerprint density at radius 1 is 1.09 bits per heavy atom. The number of fused-ring (bicyclic) bond motifs is 1. The number of halogens is 2. The van der Waals surface area contributed by atoms with Gasteiger partial charge in [0.1, 0.15) is 5.69 Å². The lowest BCUT2D eigenvalue weighted by molar-refractivity contribution is 0.0698. The Kier molecular flexibility index (Phi) is 5.77. The lowest BCUT2D eigenvalue weighted by Gasteiger charge is -2.21. The standard InChI is InChI=1S/C24H20F2N4O2/c1-13-9-17(14(2)29-20-6-4-3-5-16(20)24(31)32)19-11-18(15-7-8-27-28-12-15)22(23(25)26)30-21(19)10-13/h3-12,14,23,29H,1-2H3,(H,31,32)/t14-/m1/s1. The van der Waals surface area contributed by atoms with Crippen molar-refractivity contribution in [1.82, 2.24) is 15.2 Å². The number of rotatable bonds is 6. The van der Waals surface area contributed by atoms with Gasteiger partial charge in [0.2, 0.25) is 0 Å². The zero-order valence-electron chi connectivity index (χ0n) is 17.4. The predicted octanol–water partition coefficient (Wildman–Crippen LogP) is 5.81. The number of hydrogen-bond donors (Lipinski definition) is 2. The zero-order valence-corrected chi connectivity index (χ0v) is 17.4. The second-order valence-electron chi connectivity index (χ2n) is 7.49. The molecule has 8 heteroatoms. The quantitative estimate of drug-likeness (QED) is 0.398. The summed E-state index contributed by atoms with van der Waals surface area (Å²) in [5.41, 5.74) is 3.20. The molecule has 32 heavy (non-hydrogen) atoms. The molecule has 0 bridgehead atoms. The van der Waals surface area contributed by atoms with Crippen molar-refractivity contribution in [3.63, 3.8) is 0 Å². The Balaban J connectivity index is 1.87. The van der Waals surface area contributed by atoms with Crippen molar-refractivity contribution >= 4 is 22.6 Å². The molecule has 0 saturated heterocycles. The van der Waals surface area contributed by atoms with Gasteiger partial charge in [-0.25, -0.2) is 18.6 Å². The topological polar surface area (TPSA) is 88.0 Å². The Hall–Kier alpha value is -3.94. The van der Waals surface area contributed by atoms with E-state index in [-0.39, 0.29) is 22.9 Å². The first-order valence-electron chi connectivity index (χ1n) is 9.94. The summed E-state index contributed by atoms with van der Waals surface area (Å²) in [6, 6.07) is 13.3. The van der Waals surface area contributed by atoms with Crippen molar-refractivity contribution in [2.75, 3.05) is 5.32 Å². The number of carboxylic acid groups (broad SMARTS) is 1. The second kappa shape index (κ2) is 8.66. The molecule has 2 aromatic carbocycles. The summed E-state index contributed by atoms with van der Waals surface area (Å²) in [6.07, 6.45) is 0.107. The van der Waals surface area contributed by atoms with Crippen LogP contribution >= 0.6 is 0 Å². The number of para-hydroxylation sites is 1. The monoisotopic (exact) mass is 434 g/mol. The highest BCUT2D eigenvalue weighted by atomic mass is 19.3. The third kappa shape index (κ3) is 4.12. The molecule has 0 fully saturated rings. The average molecular weight is 434 g/mol. The third-order valence-electron chi connectivity index (χ3n) is 5.24. The maximum absolute atomic E-state index is 13.8. The molecule has 162 valence electrons.